The summed E-state index contributed by atoms with van der Waals surface area (Å²) in [6.07, 6.45) is -0.246. The molecule has 0 N–H and O–H groups in total. The Kier molecular flexibility index (Phi) is 4.06. The van der Waals surface area contributed by atoms with Crippen molar-refractivity contribution in [2.75, 3.05) is 5.33 Å². The SMILES string of the molecule is CC1(C)O[C@@H]2[C@H](O1)[C@H](CBr)N(Cc1ccccc1)[C@@H]2C#N. The van der Waals surface area contributed by atoms with Crippen LogP contribution in [0.15, 0.2) is 30.3 Å². The van der Waals surface area contributed by atoms with Crippen molar-refractivity contribution in [3.63, 3.8) is 0 Å². The summed E-state index contributed by atoms with van der Waals surface area (Å²) in [4.78, 5) is 2.19. The van der Waals surface area contributed by atoms with Crippen LogP contribution in [0.25, 0.3) is 0 Å². The third-order valence-electron chi connectivity index (χ3n) is 4.14. The average molecular weight is 351 g/mol. The van der Waals surface area contributed by atoms with Gasteiger partial charge in [0.25, 0.3) is 0 Å². The van der Waals surface area contributed by atoms with Crippen molar-refractivity contribution in [3.8, 4) is 6.07 Å². The second kappa shape index (κ2) is 5.69. The van der Waals surface area contributed by atoms with Crippen LogP contribution in [0, 0.1) is 11.3 Å². The highest BCUT2D eigenvalue weighted by Crippen LogP contribution is 2.41. The highest BCUT2D eigenvalue weighted by Gasteiger charge is 2.57. The quantitative estimate of drug-likeness (QED) is 0.786. The molecule has 5 heteroatoms. The van der Waals surface area contributed by atoms with E-state index in [1.807, 2.05) is 32.0 Å². The summed E-state index contributed by atoms with van der Waals surface area (Å²) in [5.74, 6) is -0.607. The van der Waals surface area contributed by atoms with E-state index in [9.17, 15) is 5.26 Å². The first-order valence-electron chi connectivity index (χ1n) is 7.16. The molecule has 112 valence electrons. The van der Waals surface area contributed by atoms with Crippen LogP contribution in [0.5, 0.6) is 0 Å². The molecule has 2 saturated heterocycles. The van der Waals surface area contributed by atoms with Crippen LogP contribution in [0.1, 0.15) is 19.4 Å². The number of nitrogens with zero attached hydrogens (tertiary/aromatic N) is 2. The Morgan fingerprint density at radius 2 is 1.90 bits per heavy atom. The van der Waals surface area contributed by atoms with E-state index in [1.54, 1.807) is 0 Å². The fourth-order valence-electron chi connectivity index (χ4n) is 3.28. The monoisotopic (exact) mass is 350 g/mol. The third kappa shape index (κ3) is 2.74. The Morgan fingerprint density at radius 3 is 2.52 bits per heavy atom. The molecule has 2 fully saturated rings. The number of hydrogen-bond donors (Lipinski definition) is 0. The molecule has 0 radical (unpaired) electrons. The molecule has 21 heavy (non-hydrogen) atoms. The van der Waals surface area contributed by atoms with E-state index >= 15 is 0 Å². The molecule has 0 aliphatic carbocycles. The minimum Gasteiger partial charge on any atom is -0.343 e. The van der Waals surface area contributed by atoms with Gasteiger partial charge in [-0.3, -0.25) is 4.90 Å². The number of halogens is 1. The summed E-state index contributed by atoms with van der Waals surface area (Å²) >= 11 is 3.57. The fourth-order valence-corrected chi connectivity index (χ4v) is 4.02. The topological polar surface area (TPSA) is 45.5 Å². The van der Waals surface area contributed by atoms with E-state index in [2.05, 4.69) is 39.0 Å². The molecular weight excluding hydrogens is 332 g/mol. The zero-order valence-electron chi connectivity index (χ0n) is 12.2. The van der Waals surface area contributed by atoms with Gasteiger partial charge in [-0.1, -0.05) is 46.3 Å². The van der Waals surface area contributed by atoms with Gasteiger partial charge in [0, 0.05) is 11.9 Å². The summed E-state index contributed by atoms with van der Waals surface area (Å²) in [6, 6.07) is 12.5. The lowest BCUT2D eigenvalue weighted by molar-refractivity contribution is -0.164. The predicted octanol–water partition coefficient (Wildman–Crippen LogP) is 2.68. The maximum atomic E-state index is 9.60. The van der Waals surface area contributed by atoms with Gasteiger partial charge in [0.1, 0.15) is 18.2 Å². The minimum atomic E-state index is -0.607. The van der Waals surface area contributed by atoms with E-state index < -0.39 is 5.79 Å². The molecule has 2 aliphatic rings. The van der Waals surface area contributed by atoms with Crippen molar-refractivity contribution >= 4 is 15.9 Å². The first-order chi connectivity index (χ1) is 10.1. The summed E-state index contributed by atoms with van der Waals surface area (Å²) < 4.78 is 12.0. The van der Waals surface area contributed by atoms with Crippen molar-refractivity contribution in [3.05, 3.63) is 35.9 Å². The van der Waals surface area contributed by atoms with Crippen molar-refractivity contribution in [1.82, 2.24) is 4.90 Å². The lowest BCUT2D eigenvalue weighted by atomic mass is 10.1. The van der Waals surface area contributed by atoms with Crippen LogP contribution in [-0.2, 0) is 16.0 Å². The van der Waals surface area contributed by atoms with Crippen LogP contribution in [-0.4, -0.2) is 40.3 Å². The lowest BCUT2D eigenvalue weighted by Gasteiger charge is -2.30. The number of alkyl halides is 1. The normalized spacial score (nSPS) is 34.6. The van der Waals surface area contributed by atoms with Crippen molar-refractivity contribution < 1.29 is 9.47 Å². The predicted molar refractivity (Wildman–Crippen MR) is 82.8 cm³/mol. The summed E-state index contributed by atoms with van der Waals surface area (Å²) in [7, 11) is 0. The molecule has 4 nitrogen and oxygen atoms in total. The van der Waals surface area contributed by atoms with Gasteiger partial charge >= 0.3 is 0 Å². The van der Waals surface area contributed by atoms with Crippen LogP contribution in [0.4, 0.5) is 0 Å². The first-order valence-corrected chi connectivity index (χ1v) is 8.29. The largest absolute Gasteiger partial charge is 0.343 e. The van der Waals surface area contributed by atoms with E-state index in [0.29, 0.717) is 0 Å². The van der Waals surface area contributed by atoms with E-state index in [-0.39, 0.29) is 24.3 Å². The van der Waals surface area contributed by atoms with Crippen LogP contribution >= 0.6 is 15.9 Å². The smallest absolute Gasteiger partial charge is 0.163 e. The Bertz CT molecular complexity index is 543. The Morgan fingerprint density at radius 1 is 1.24 bits per heavy atom. The second-order valence-corrected chi connectivity index (χ2v) is 6.67. The van der Waals surface area contributed by atoms with Gasteiger partial charge in [-0.25, -0.2) is 0 Å². The Labute approximate surface area is 133 Å². The summed E-state index contributed by atoms with van der Waals surface area (Å²) in [5.41, 5.74) is 1.20. The molecule has 0 saturated carbocycles. The van der Waals surface area contributed by atoms with Gasteiger partial charge in [-0.15, -0.1) is 0 Å². The van der Waals surface area contributed by atoms with Gasteiger partial charge in [-0.05, 0) is 19.4 Å². The zero-order valence-corrected chi connectivity index (χ0v) is 13.8. The first kappa shape index (κ1) is 15.0. The zero-order chi connectivity index (χ0) is 15.0. The number of nitriles is 1. The summed E-state index contributed by atoms with van der Waals surface area (Å²) in [5, 5.41) is 10.4. The van der Waals surface area contributed by atoms with Gasteiger partial charge in [0.15, 0.2) is 5.79 Å². The maximum Gasteiger partial charge on any atom is 0.163 e. The summed E-state index contributed by atoms with van der Waals surface area (Å²) in [6.45, 7) is 4.55. The standard InChI is InChI=1S/C16H19BrN2O2/c1-16(2)20-14-12(8-17)19(13(9-18)15(14)21-16)10-11-6-4-3-5-7-11/h3-7,12-15H,8,10H2,1-2H3/t12-,13+,14+,15-/m0/s1. The van der Waals surface area contributed by atoms with Crippen molar-refractivity contribution in [1.29, 1.82) is 5.26 Å². The van der Waals surface area contributed by atoms with Gasteiger partial charge < -0.3 is 9.47 Å². The number of hydrogen-bond acceptors (Lipinski definition) is 4. The highest BCUT2D eigenvalue weighted by atomic mass is 79.9. The molecule has 0 amide bonds. The molecule has 0 bridgehead atoms. The molecule has 1 aromatic carbocycles. The number of ether oxygens (including phenoxy) is 2. The molecular formula is C16H19BrN2O2. The van der Waals surface area contributed by atoms with Crippen LogP contribution < -0.4 is 0 Å². The van der Waals surface area contributed by atoms with E-state index in [0.717, 1.165) is 11.9 Å². The lowest BCUT2D eigenvalue weighted by Crippen LogP contribution is -2.42. The van der Waals surface area contributed by atoms with Crippen molar-refractivity contribution in [2.24, 2.45) is 0 Å². The minimum absolute atomic E-state index is 0.0623. The maximum absolute atomic E-state index is 9.60. The fraction of sp³-hybridized carbons (Fsp3) is 0.562. The van der Waals surface area contributed by atoms with Gasteiger partial charge in [0.05, 0.1) is 12.1 Å². The van der Waals surface area contributed by atoms with Crippen LogP contribution in [0.2, 0.25) is 0 Å². The van der Waals surface area contributed by atoms with Crippen molar-refractivity contribution in [2.45, 2.75) is 50.5 Å². The van der Waals surface area contributed by atoms with Gasteiger partial charge in [0.2, 0.25) is 0 Å². The molecule has 0 aromatic heterocycles. The number of likely N-dealkylation sites (tertiary alicyclic amines) is 1. The number of fused-ring (bicyclic) bond motifs is 1. The average Bonchev–Trinajstić information content (AvgIpc) is 2.89. The molecule has 1 aromatic rings. The highest BCUT2D eigenvalue weighted by molar-refractivity contribution is 9.09. The number of rotatable bonds is 3. The Hall–Kier alpha value is -0.930. The molecule has 0 spiro atoms. The molecule has 2 heterocycles. The second-order valence-electron chi connectivity index (χ2n) is 6.02. The number of benzene rings is 1. The van der Waals surface area contributed by atoms with Gasteiger partial charge in [-0.2, -0.15) is 5.26 Å². The van der Waals surface area contributed by atoms with E-state index in [4.69, 9.17) is 9.47 Å². The Balaban J connectivity index is 1.85. The van der Waals surface area contributed by atoms with Crippen LogP contribution in [0.3, 0.4) is 0 Å². The third-order valence-corrected chi connectivity index (χ3v) is 4.80. The van der Waals surface area contributed by atoms with E-state index in [1.165, 1.54) is 5.56 Å². The molecule has 0 unspecified atom stereocenters. The molecule has 2 aliphatic heterocycles. The molecule has 3 rings (SSSR count). The molecule has 4 atom stereocenters.